The van der Waals surface area contributed by atoms with Gasteiger partial charge in [-0.15, -0.1) is 0 Å². The molecule has 1 atom stereocenters. The van der Waals surface area contributed by atoms with Crippen LogP contribution in [0.2, 0.25) is 0 Å². The van der Waals surface area contributed by atoms with Crippen molar-refractivity contribution in [1.29, 1.82) is 0 Å². The van der Waals surface area contributed by atoms with Gasteiger partial charge in [-0.25, -0.2) is 4.39 Å². The Morgan fingerprint density at radius 2 is 2.08 bits per heavy atom. The van der Waals surface area contributed by atoms with Crippen LogP contribution in [0, 0.1) is 0 Å². The molecule has 0 saturated heterocycles. The Bertz CT molecular complexity index is 134. The minimum absolute atomic E-state index is 0.272. The normalized spacial score (nSPS) is 27.6. The Labute approximate surface area is 73.6 Å². The summed E-state index contributed by atoms with van der Waals surface area (Å²) in [6.07, 6.45) is 10.3. The van der Waals surface area contributed by atoms with E-state index in [9.17, 15) is 4.39 Å². The quantitative estimate of drug-likeness (QED) is 0.595. The van der Waals surface area contributed by atoms with Gasteiger partial charge in [0.05, 0.1) is 12.7 Å². The summed E-state index contributed by atoms with van der Waals surface area (Å²) in [5.74, 6) is 0. The molecule has 1 unspecified atom stereocenters. The molecule has 1 aliphatic carbocycles. The van der Waals surface area contributed by atoms with Gasteiger partial charge in [0.15, 0.2) is 0 Å². The van der Waals surface area contributed by atoms with Crippen LogP contribution in [-0.2, 0) is 4.74 Å². The molecule has 2 heteroatoms. The number of hydrogen-bond donors (Lipinski definition) is 0. The monoisotopic (exact) mass is 172 g/mol. The van der Waals surface area contributed by atoms with Crippen LogP contribution in [0.25, 0.3) is 0 Å². The second-order valence-electron chi connectivity index (χ2n) is 3.16. The molecule has 0 spiro atoms. The number of ether oxygens (including phenoxy) is 1. The lowest BCUT2D eigenvalue weighted by atomic mass is 10.0. The fourth-order valence-electron chi connectivity index (χ4n) is 1.50. The molecular formula is C10H17FO. The molecular weight excluding hydrogens is 155 g/mol. The highest BCUT2D eigenvalue weighted by atomic mass is 19.1. The average Bonchev–Trinajstić information content (AvgIpc) is 2.02. The Hall–Kier alpha value is -0.370. The van der Waals surface area contributed by atoms with Crippen LogP contribution in [0.4, 0.5) is 4.39 Å². The van der Waals surface area contributed by atoms with Gasteiger partial charge >= 0.3 is 0 Å². The van der Waals surface area contributed by atoms with Crippen LogP contribution in [-0.4, -0.2) is 19.4 Å². The van der Waals surface area contributed by atoms with E-state index in [1.807, 2.05) is 0 Å². The summed E-state index contributed by atoms with van der Waals surface area (Å²) in [5.41, 5.74) is 0. The van der Waals surface area contributed by atoms with E-state index in [1.54, 1.807) is 0 Å². The minimum atomic E-state index is -0.355. The van der Waals surface area contributed by atoms with Gasteiger partial charge in [-0.2, -0.15) is 0 Å². The van der Waals surface area contributed by atoms with Crippen molar-refractivity contribution < 1.29 is 9.13 Å². The van der Waals surface area contributed by atoms with Crippen LogP contribution < -0.4 is 0 Å². The molecule has 0 aliphatic heterocycles. The summed E-state index contributed by atoms with van der Waals surface area (Å²) in [5, 5.41) is 0. The first-order valence-electron chi connectivity index (χ1n) is 4.76. The second-order valence-corrected chi connectivity index (χ2v) is 3.16. The Morgan fingerprint density at radius 3 is 2.92 bits per heavy atom. The van der Waals surface area contributed by atoms with Gasteiger partial charge in [0.1, 0.15) is 6.67 Å². The molecule has 0 N–H and O–H groups in total. The maximum atomic E-state index is 11.8. The molecule has 70 valence electrons. The van der Waals surface area contributed by atoms with Crippen molar-refractivity contribution in [3.05, 3.63) is 12.2 Å². The Balaban J connectivity index is 2.18. The number of allylic oxidation sites excluding steroid dienone is 2. The zero-order chi connectivity index (χ0) is 8.65. The molecule has 1 aliphatic rings. The molecule has 0 amide bonds. The molecule has 0 aromatic heterocycles. The largest absolute Gasteiger partial charge is 0.375 e. The highest BCUT2D eigenvalue weighted by Crippen LogP contribution is 2.15. The first kappa shape index (κ1) is 9.72. The fraction of sp³-hybridized carbons (Fsp3) is 0.800. The number of hydrogen-bond acceptors (Lipinski definition) is 1. The highest BCUT2D eigenvalue weighted by Gasteiger charge is 2.08. The lowest BCUT2D eigenvalue weighted by Gasteiger charge is -2.17. The predicted molar refractivity (Wildman–Crippen MR) is 47.9 cm³/mol. The van der Waals surface area contributed by atoms with Crippen molar-refractivity contribution in [2.45, 2.75) is 38.2 Å². The molecule has 0 bridgehead atoms. The topological polar surface area (TPSA) is 9.23 Å². The standard InChI is InChI=1S/C10H17FO/c11-8-9-12-10-6-4-2-1-3-5-7-10/h1-2,10H,3-9H2/b2-1+/i11+0. The maximum Gasteiger partial charge on any atom is 0.113 e. The van der Waals surface area contributed by atoms with Gasteiger partial charge < -0.3 is 4.74 Å². The fourth-order valence-corrected chi connectivity index (χ4v) is 1.50. The van der Waals surface area contributed by atoms with E-state index >= 15 is 0 Å². The third kappa shape index (κ3) is 3.86. The van der Waals surface area contributed by atoms with E-state index in [0.29, 0.717) is 6.10 Å². The third-order valence-corrected chi connectivity index (χ3v) is 2.15. The summed E-state index contributed by atoms with van der Waals surface area (Å²) < 4.78 is 17.1. The molecule has 0 aromatic rings. The SMILES string of the molecule is [19F]CCOC1CC/C=C/CCC1. The van der Waals surface area contributed by atoms with Crippen LogP contribution in [0.15, 0.2) is 12.2 Å². The van der Waals surface area contributed by atoms with Crippen molar-refractivity contribution in [3.8, 4) is 0 Å². The average molecular weight is 172 g/mol. The third-order valence-electron chi connectivity index (χ3n) is 2.15. The summed E-state index contributed by atoms with van der Waals surface area (Å²) in [4.78, 5) is 0. The predicted octanol–water partition coefficient (Wildman–Crippen LogP) is 2.86. The smallest absolute Gasteiger partial charge is 0.113 e. The van der Waals surface area contributed by atoms with Gasteiger partial charge in [0.2, 0.25) is 0 Å². The summed E-state index contributed by atoms with van der Waals surface area (Å²) in [6, 6.07) is 0. The van der Waals surface area contributed by atoms with E-state index in [1.165, 1.54) is 6.42 Å². The first-order valence-corrected chi connectivity index (χ1v) is 4.76. The molecule has 0 saturated carbocycles. The zero-order valence-corrected chi connectivity index (χ0v) is 7.47. The van der Waals surface area contributed by atoms with Crippen LogP contribution in [0.5, 0.6) is 0 Å². The van der Waals surface area contributed by atoms with Crippen molar-refractivity contribution in [2.24, 2.45) is 0 Å². The van der Waals surface area contributed by atoms with Gasteiger partial charge in [-0.05, 0) is 32.1 Å². The van der Waals surface area contributed by atoms with Crippen molar-refractivity contribution in [3.63, 3.8) is 0 Å². The number of alkyl halides is 1. The van der Waals surface area contributed by atoms with Crippen molar-refractivity contribution >= 4 is 0 Å². The maximum absolute atomic E-state index is 11.8. The number of rotatable bonds is 3. The molecule has 12 heavy (non-hydrogen) atoms. The van der Waals surface area contributed by atoms with E-state index < -0.39 is 0 Å². The summed E-state index contributed by atoms with van der Waals surface area (Å²) in [7, 11) is 0. The zero-order valence-electron chi connectivity index (χ0n) is 7.47. The Kier molecular flexibility index (Phi) is 5.00. The lowest BCUT2D eigenvalue weighted by Crippen LogP contribution is -2.15. The van der Waals surface area contributed by atoms with Gasteiger partial charge in [0.25, 0.3) is 0 Å². The minimum Gasteiger partial charge on any atom is -0.375 e. The summed E-state index contributed by atoms with van der Waals surface area (Å²) in [6.45, 7) is -0.0826. The summed E-state index contributed by atoms with van der Waals surface area (Å²) >= 11 is 0. The van der Waals surface area contributed by atoms with E-state index in [2.05, 4.69) is 12.2 Å². The van der Waals surface area contributed by atoms with Crippen molar-refractivity contribution in [2.75, 3.05) is 13.3 Å². The highest BCUT2D eigenvalue weighted by molar-refractivity contribution is 4.85. The lowest BCUT2D eigenvalue weighted by molar-refractivity contribution is 0.0326. The molecule has 1 rings (SSSR count). The molecule has 0 aromatic carbocycles. The molecule has 0 fully saturated rings. The second kappa shape index (κ2) is 6.18. The Morgan fingerprint density at radius 1 is 1.25 bits per heavy atom. The van der Waals surface area contributed by atoms with E-state index in [4.69, 9.17) is 4.74 Å². The van der Waals surface area contributed by atoms with E-state index in [-0.39, 0.29) is 13.3 Å². The molecule has 0 heterocycles. The van der Waals surface area contributed by atoms with Gasteiger partial charge in [-0.1, -0.05) is 12.2 Å². The van der Waals surface area contributed by atoms with Crippen LogP contribution >= 0.6 is 0 Å². The number of halogens is 1. The van der Waals surface area contributed by atoms with Crippen molar-refractivity contribution in [1.82, 2.24) is 0 Å². The van der Waals surface area contributed by atoms with Crippen LogP contribution in [0.3, 0.4) is 0 Å². The van der Waals surface area contributed by atoms with E-state index in [0.717, 1.165) is 25.7 Å². The molecule has 0 radical (unpaired) electrons. The van der Waals surface area contributed by atoms with Gasteiger partial charge in [-0.3, -0.25) is 0 Å². The van der Waals surface area contributed by atoms with Gasteiger partial charge in [0, 0.05) is 0 Å². The first-order chi connectivity index (χ1) is 5.93. The van der Waals surface area contributed by atoms with Crippen LogP contribution in [0.1, 0.15) is 32.1 Å². The molecule has 1 nitrogen and oxygen atoms in total.